The molecule has 0 aliphatic carbocycles. The number of benzene rings is 1. The molecule has 2 aliphatic rings. The summed E-state index contributed by atoms with van der Waals surface area (Å²) in [4.78, 5) is 14.3. The van der Waals surface area contributed by atoms with Crippen LogP contribution in [0.25, 0.3) is 6.08 Å². The van der Waals surface area contributed by atoms with E-state index in [1.165, 1.54) is 6.26 Å². The summed E-state index contributed by atoms with van der Waals surface area (Å²) in [6.45, 7) is 0.603. The number of aliphatic hydroxyl groups excluding tert-OH is 1. The first kappa shape index (κ1) is 14.8. The van der Waals surface area contributed by atoms with E-state index in [1.807, 2.05) is 30.3 Å². The van der Waals surface area contributed by atoms with E-state index >= 15 is 0 Å². The highest BCUT2D eigenvalue weighted by Crippen LogP contribution is 2.27. The van der Waals surface area contributed by atoms with Gasteiger partial charge in [-0.05, 0) is 31.1 Å². The molecule has 1 fully saturated rings. The highest BCUT2D eigenvalue weighted by Gasteiger charge is 2.33. The van der Waals surface area contributed by atoms with Crippen molar-refractivity contribution in [2.75, 3.05) is 19.7 Å². The summed E-state index contributed by atoms with van der Waals surface area (Å²) in [7, 11) is 0. The summed E-state index contributed by atoms with van der Waals surface area (Å²) in [6, 6.07) is 7.53. The molecule has 2 N–H and O–H groups in total. The Labute approximate surface area is 129 Å². The standard InChI is InChI=1S/C17H19NO4/c19-12-17(21)6-8-18(9-7-17)16(20)14-5-10-22-15-4-2-1-3-13(15)11-14/h1-5,10-11,19,21H,6-9,12H2. The molecule has 5 heteroatoms. The molecule has 116 valence electrons. The van der Waals surface area contributed by atoms with Crippen molar-refractivity contribution < 1.29 is 19.7 Å². The number of para-hydroxylation sites is 1. The highest BCUT2D eigenvalue weighted by atomic mass is 16.5. The van der Waals surface area contributed by atoms with Crippen LogP contribution in [-0.4, -0.2) is 46.3 Å². The van der Waals surface area contributed by atoms with Gasteiger partial charge >= 0.3 is 0 Å². The molecule has 1 aromatic carbocycles. The minimum Gasteiger partial charge on any atom is -0.464 e. The topological polar surface area (TPSA) is 70.0 Å². The number of carbonyl (C=O) groups is 1. The van der Waals surface area contributed by atoms with E-state index in [0.717, 1.165) is 11.3 Å². The van der Waals surface area contributed by atoms with E-state index in [-0.39, 0.29) is 12.5 Å². The molecule has 0 unspecified atom stereocenters. The molecule has 1 aromatic rings. The summed E-state index contributed by atoms with van der Waals surface area (Å²) >= 11 is 0. The number of likely N-dealkylation sites (tertiary alicyclic amines) is 1. The van der Waals surface area contributed by atoms with Crippen LogP contribution in [0.1, 0.15) is 18.4 Å². The lowest BCUT2D eigenvalue weighted by atomic mass is 9.92. The molecule has 2 aliphatic heterocycles. The first-order valence-electron chi connectivity index (χ1n) is 7.38. The van der Waals surface area contributed by atoms with Crippen LogP contribution >= 0.6 is 0 Å². The largest absolute Gasteiger partial charge is 0.464 e. The predicted octanol–water partition coefficient (Wildman–Crippen LogP) is 1.32. The molecule has 5 nitrogen and oxygen atoms in total. The average molecular weight is 301 g/mol. The second-order valence-electron chi connectivity index (χ2n) is 5.73. The third kappa shape index (κ3) is 2.91. The Morgan fingerprint density at radius 3 is 2.73 bits per heavy atom. The monoisotopic (exact) mass is 301 g/mol. The van der Waals surface area contributed by atoms with Gasteiger partial charge in [-0.25, -0.2) is 0 Å². The number of ether oxygens (including phenoxy) is 1. The first-order valence-corrected chi connectivity index (χ1v) is 7.38. The molecular formula is C17H19NO4. The number of piperidine rings is 1. The molecule has 0 spiro atoms. The number of hydrogen-bond acceptors (Lipinski definition) is 4. The molecule has 1 amide bonds. The summed E-state index contributed by atoms with van der Waals surface area (Å²) < 4.78 is 5.49. The lowest BCUT2D eigenvalue weighted by molar-refractivity contribution is -0.132. The summed E-state index contributed by atoms with van der Waals surface area (Å²) in [5.41, 5.74) is 0.360. The van der Waals surface area contributed by atoms with Crippen LogP contribution in [0.3, 0.4) is 0 Å². The van der Waals surface area contributed by atoms with Crippen LogP contribution in [0.5, 0.6) is 5.75 Å². The second-order valence-corrected chi connectivity index (χ2v) is 5.73. The van der Waals surface area contributed by atoms with Crippen LogP contribution < -0.4 is 4.74 Å². The number of hydrogen-bond donors (Lipinski definition) is 2. The average Bonchev–Trinajstić information content (AvgIpc) is 2.77. The molecule has 0 aromatic heterocycles. The smallest absolute Gasteiger partial charge is 0.253 e. The number of rotatable bonds is 2. The van der Waals surface area contributed by atoms with Crippen LogP contribution in [0.15, 0.2) is 42.2 Å². The Morgan fingerprint density at radius 2 is 2.00 bits per heavy atom. The number of fused-ring (bicyclic) bond motifs is 1. The zero-order valence-corrected chi connectivity index (χ0v) is 12.2. The molecule has 0 saturated carbocycles. The second kappa shape index (κ2) is 5.94. The molecule has 2 heterocycles. The number of aliphatic hydroxyl groups is 2. The Bertz CT molecular complexity index is 627. The Hall–Kier alpha value is -2.11. The van der Waals surface area contributed by atoms with Gasteiger partial charge in [0.05, 0.1) is 18.5 Å². The van der Waals surface area contributed by atoms with E-state index in [2.05, 4.69) is 0 Å². The molecule has 1 saturated heterocycles. The quantitative estimate of drug-likeness (QED) is 0.864. The van der Waals surface area contributed by atoms with Crippen molar-refractivity contribution in [1.29, 1.82) is 0 Å². The summed E-state index contributed by atoms with van der Waals surface area (Å²) in [6.07, 6.45) is 5.77. The lowest BCUT2D eigenvalue weighted by Gasteiger charge is -2.37. The van der Waals surface area contributed by atoms with Crippen LogP contribution in [0, 0.1) is 0 Å². The maximum Gasteiger partial charge on any atom is 0.253 e. The minimum absolute atomic E-state index is 0.0865. The van der Waals surface area contributed by atoms with Gasteiger partial charge in [-0.3, -0.25) is 4.79 Å². The molecule has 0 bridgehead atoms. The van der Waals surface area contributed by atoms with Gasteiger partial charge in [0.2, 0.25) is 0 Å². The van der Waals surface area contributed by atoms with Gasteiger partial charge < -0.3 is 19.8 Å². The van der Waals surface area contributed by atoms with E-state index in [4.69, 9.17) is 4.74 Å². The van der Waals surface area contributed by atoms with Gasteiger partial charge in [0.15, 0.2) is 0 Å². The van der Waals surface area contributed by atoms with Crippen molar-refractivity contribution in [1.82, 2.24) is 4.90 Å². The third-order valence-corrected chi connectivity index (χ3v) is 4.20. The van der Waals surface area contributed by atoms with Gasteiger partial charge in [-0.1, -0.05) is 18.2 Å². The van der Waals surface area contributed by atoms with Crippen LogP contribution in [0.4, 0.5) is 0 Å². The van der Waals surface area contributed by atoms with Crippen molar-refractivity contribution in [2.45, 2.75) is 18.4 Å². The number of amides is 1. The fourth-order valence-electron chi connectivity index (χ4n) is 2.70. The van der Waals surface area contributed by atoms with Crippen LogP contribution in [-0.2, 0) is 4.79 Å². The minimum atomic E-state index is -1.06. The predicted molar refractivity (Wildman–Crippen MR) is 82.0 cm³/mol. The molecule has 0 radical (unpaired) electrons. The van der Waals surface area contributed by atoms with Crippen molar-refractivity contribution in [3.63, 3.8) is 0 Å². The molecule has 0 atom stereocenters. The first-order chi connectivity index (χ1) is 10.6. The third-order valence-electron chi connectivity index (χ3n) is 4.20. The zero-order chi connectivity index (χ0) is 15.6. The molecule has 22 heavy (non-hydrogen) atoms. The van der Waals surface area contributed by atoms with Crippen molar-refractivity contribution in [3.8, 4) is 5.75 Å². The van der Waals surface area contributed by atoms with Gasteiger partial charge in [-0.2, -0.15) is 0 Å². The normalized spacial score (nSPS) is 19.7. The fraction of sp³-hybridized carbons (Fsp3) is 0.353. The van der Waals surface area contributed by atoms with Crippen molar-refractivity contribution in [2.24, 2.45) is 0 Å². The van der Waals surface area contributed by atoms with Gasteiger partial charge in [0, 0.05) is 24.2 Å². The lowest BCUT2D eigenvalue weighted by Crippen LogP contribution is -2.48. The number of carbonyl (C=O) groups excluding carboxylic acids is 1. The van der Waals surface area contributed by atoms with Crippen molar-refractivity contribution in [3.05, 3.63) is 47.7 Å². The van der Waals surface area contributed by atoms with Gasteiger partial charge in [0.1, 0.15) is 5.75 Å². The van der Waals surface area contributed by atoms with Gasteiger partial charge in [-0.15, -0.1) is 0 Å². The Kier molecular flexibility index (Phi) is 4.00. The van der Waals surface area contributed by atoms with Crippen molar-refractivity contribution >= 4 is 12.0 Å². The van der Waals surface area contributed by atoms with Crippen LogP contribution in [0.2, 0.25) is 0 Å². The molecular weight excluding hydrogens is 282 g/mol. The maximum atomic E-state index is 12.6. The highest BCUT2D eigenvalue weighted by molar-refractivity contribution is 6.01. The Balaban J connectivity index is 1.77. The summed E-state index contributed by atoms with van der Waals surface area (Å²) in [5, 5.41) is 19.2. The summed E-state index contributed by atoms with van der Waals surface area (Å²) in [5.74, 6) is 0.631. The maximum absolute atomic E-state index is 12.6. The van der Waals surface area contributed by atoms with E-state index < -0.39 is 5.60 Å². The Morgan fingerprint density at radius 1 is 1.27 bits per heavy atom. The number of nitrogens with zero attached hydrogens (tertiary/aromatic N) is 1. The van der Waals surface area contributed by atoms with Gasteiger partial charge in [0.25, 0.3) is 5.91 Å². The van der Waals surface area contributed by atoms with E-state index in [9.17, 15) is 15.0 Å². The molecule has 3 rings (SSSR count). The van der Waals surface area contributed by atoms with E-state index in [1.54, 1.807) is 11.0 Å². The zero-order valence-electron chi connectivity index (χ0n) is 12.2. The van der Waals surface area contributed by atoms with E-state index in [0.29, 0.717) is 31.5 Å². The fourth-order valence-corrected chi connectivity index (χ4v) is 2.70. The SMILES string of the molecule is O=C(C1=Cc2ccccc2OC=C1)N1CCC(O)(CO)CC1.